The Labute approximate surface area is 304 Å². The van der Waals surface area contributed by atoms with E-state index in [1.165, 1.54) is 20.8 Å². The summed E-state index contributed by atoms with van der Waals surface area (Å²) < 4.78 is 83.7. The predicted octanol–water partition coefficient (Wildman–Crippen LogP) is 5.42. The Bertz CT molecular complexity index is 1470. The molecule has 4 aliphatic carbocycles. The summed E-state index contributed by atoms with van der Waals surface area (Å²) in [6.07, 6.45) is 4.41. The van der Waals surface area contributed by atoms with E-state index in [0.717, 1.165) is 25.7 Å². The van der Waals surface area contributed by atoms with Crippen LogP contribution in [0.25, 0.3) is 0 Å². The second-order valence-electron chi connectivity index (χ2n) is 15.9. The Balaban J connectivity index is 1.41. The van der Waals surface area contributed by atoms with Gasteiger partial charge in [0, 0.05) is 44.9 Å². The van der Waals surface area contributed by atoms with Crippen LogP contribution >= 0.6 is 0 Å². The number of carbonyl (C=O) groups is 5. The molecule has 52 heavy (non-hydrogen) atoms. The average molecular weight is 765 g/mol. The molecule has 0 aromatic rings. The van der Waals surface area contributed by atoms with Gasteiger partial charge in [0.2, 0.25) is 0 Å². The highest BCUT2D eigenvalue weighted by molar-refractivity contribution is 7.86. The summed E-state index contributed by atoms with van der Waals surface area (Å²) in [7, 11) is -5.73. The number of carbonyl (C=O) groups excluding carboxylic acids is 5. The molecule has 11 atom stereocenters. The minimum Gasteiger partial charge on any atom is -0.466 e. The lowest BCUT2D eigenvalue weighted by Gasteiger charge is -2.64. The van der Waals surface area contributed by atoms with Crippen LogP contribution < -0.4 is 0 Å². The van der Waals surface area contributed by atoms with Crippen molar-refractivity contribution in [2.75, 3.05) is 13.2 Å². The molecule has 4 saturated carbocycles. The largest absolute Gasteiger partial charge is 0.466 e. The molecular weight excluding hydrogens is 710 g/mol. The molecule has 4 fully saturated rings. The lowest BCUT2D eigenvalue weighted by Crippen LogP contribution is -2.63. The topological polar surface area (TPSA) is 186 Å². The normalized spacial score (nSPS) is 34.8. The van der Waals surface area contributed by atoms with E-state index in [4.69, 9.17) is 23.5 Å². The fraction of sp³-hybridized carbons (Fsp3) is 0.861. The maximum absolute atomic E-state index is 13.3. The van der Waals surface area contributed by atoms with E-state index in [-0.39, 0.29) is 90.5 Å². The van der Waals surface area contributed by atoms with Gasteiger partial charge >= 0.3 is 45.2 Å². The van der Waals surface area contributed by atoms with Crippen molar-refractivity contribution in [3.05, 3.63) is 0 Å². The zero-order chi connectivity index (χ0) is 38.8. The van der Waals surface area contributed by atoms with Crippen molar-refractivity contribution in [3.63, 3.8) is 0 Å². The molecule has 4 aliphatic rings. The zero-order valence-corrected chi connectivity index (χ0v) is 31.7. The van der Waals surface area contributed by atoms with Crippen LogP contribution in [0.3, 0.4) is 0 Å². The number of rotatable bonds is 14. The molecule has 0 aromatic heterocycles. The van der Waals surface area contributed by atoms with Crippen LogP contribution in [-0.4, -0.2) is 79.6 Å². The number of hydrogen-bond acceptors (Lipinski definition) is 12. The van der Waals surface area contributed by atoms with Gasteiger partial charge in [0.25, 0.3) is 0 Å². The molecular formula is C36H54F2O13S. The van der Waals surface area contributed by atoms with Gasteiger partial charge in [-0.1, -0.05) is 20.8 Å². The van der Waals surface area contributed by atoms with Crippen LogP contribution in [0.1, 0.15) is 112 Å². The highest BCUT2D eigenvalue weighted by Gasteiger charge is 2.67. The van der Waals surface area contributed by atoms with Crippen molar-refractivity contribution in [3.8, 4) is 0 Å². The Hall–Kier alpha value is -2.88. The number of esters is 5. The van der Waals surface area contributed by atoms with Crippen molar-refractivity contribution in [1.82, 2.24) is 0 Å². The van der Waals surface area contributed by atoms with Crippen LogP contribution in [0, 0.1) is 46.3 Å². The van der Waals surface area contributed by atoms with Crippen molar-refractivity contribution in [2.45, 2.75) is 136 Å². The Kier molecular flexibility index (Phi) is 13.1. The van der Waals surface area contributed by atoms with Gasteiger partial charge < -0.3 is 23.7 Å². The summed E-state index contributed by atoms with van der Waals surface area (Å²) in [6, 6.07) is 0. The van der Waals surface area contributed by atoms with Gasteiger partial charge in [-0.3, -0.25) is 28.5 Å². The smallest absolute Gasteiger partial charge is 0.402 e. The maximum atomic E-state index is 13.3. The van der Waals surface area contributed by atoms with Crippen molar-refractivity contribution >= 4 is 40.0 Å². The molecule has 13 nitrogen and oxygen atoms in total. The third-order valence-corrected chi connectivity index (χ3v) is 13.6. The molecule has 1 N–H and O–H groups in total. The number of halogens is 2. The predicted molar refractivity (Wildman–Crippen MR) is 179 cm³/mol. The van der Waals surface area contributed by atoms with E-state index in [1.807, 2.05) is 0 Å². The first-order chi connectivity index (χ1) is 24.1. The molecule has 0 aromatic carbocycles. The maximum Gasteiger partial charge on any atom is 0.402 e. The third kappa shape index (κ3) is 9.07. The molecule has 296 valence electrons. The summed E-state index contributed by atoms with van der Waals surface area (Å²) in [5, 5.41) is -4.63. The van der Waals surface area contributed by atoms with E-state index in [2.05, 4.69) is 25.5 Å². The molecule has 4 rings (SSSR count). The fourth-order valence-electron chi connectivity index (χ4n) is 10.4. The van der Waals surface area contributed by atoms with Gasteiger partial charge in [-0.15, -0.1) is 0 Å². The lowest BCUT2D eigenvalue weighted by molar-refractivity contribution is -0.224. The number of alkyl halides is 2. The van der Waals surface area contributed by atoms with Crippen molar-refractivity contribution in [1.29, 1.82) is 0 Å². The minimum absolute atomic E-state index is 0.0230. The highest BCUT2D eigenvalue weighted by Crippen LogP contribution is 2.69. The van der Waals surface area contributed by atoms with Gasteiger partial charge in [0.05, 0.1) is 6.61 Å². The number of fused-ring (bicyclic) bond motifs is 5. The van der Waals surface area contributed by atoms with Gasteiger partial charge in [-0.25, -0.2) is 0 Å². The van der Waals surface area contributed by atoms with E-state index >= 15 is 0 Å². The minimum atomic E-state index is -5.73. The monoisotopic (exact) mass is 764 g/mol. The summed E-state index contributed by atoms with van der Waals surface area (Å²) >= 11 is 0. The third-order valence-electron chi connectivity index (χ3n) is 12.8. The second-order valence-corrected chi connectivity index (χ2v) is 17.4. The van der Waals surface area contributed by atoms with Crippen LogP contribution in [0.4, 0.5) is 8.78 Å². The first-order valence-corrected chi connectivity index (χ1v) is 19.7. The molecule has 0 heterocycles. The zero-order valence-electron chi connectivity index (χ0n) is 30.9. The standard InChI is InChI=1S/C36H54F2O13S/c1-20(9-12-32(43)47-15-7-8-31(42)48-19-36(37,38)52(44,45)46)26-10-11-27-33-28(18-30(35(26,27)6)51-23(4)41)34(5)14-13-25(49-21(2)39)16-24(34)17-29(33)50-22(3)40/h20,24-30,33H,7-19H2,1-6H3,(H,44,45,46)/t20-,24+,25?,26-,27+,28+,29?,30?,33?,34+,35?/m1/s1. The SMILES string of the molecule is CC(=O)OC1CC[C@@]2(C)[C@@H](C1)CC(OC(C)=O)C1[C@@H]3CC[C@H]([C@H](C)CCC(=O)OCCCC(=O)OCC(F)(F)S(=O)(=O)O)C3(C)C(OC(C)=O)C[C@@H]12. The molecule has 0 spiro atoms. The summed E-state index contributed by atoms with van der Waals surface area (Å²) in [5.41, 5.74) is -0.591. The number of hydrogen-bond donors (Lipinski definition) is 1. The Morgan fingerprint density at radius 2 is 1.48 bits per heavy atom. The molecule has 5 unspecified atom stereocenters. The van der Waals surface area contributed by atoms with Crippen LogP contribution in [0.5, 0.6) is 0 Å². The van der Waals surface area contributed by atoms with Gasteiger partial charge in [-0.05, 0) is 92.8 Å². The van der Waals surface area contributed by atoms with E-state index in [9.17, 15) is 41.2 Å². The second kappa shape index (κ2) is 16.2. The molecule has 16 heteroatoms. The Morgan fingerprint density at radius 1 is 0.846 bits per heavy atom. The van der Waals surface area contributed by atoms with Crippen LogP contribution in [-0.2, 0) is 57.8 Å². The Morgan fingerprint density at radius 3 is 2.10 bits per heavy atom. The lowest BCUT2D eigenvalue weighted by atomic mass is 9.43. The van der Waals surface area contributed by atoms with E-state index < -0.39 is 51.9 Å². The number of ether oxygens (including phenoxy) is 5. The van der Waals surface area contributed by atoms with Gasteiger partial charge in [0.15, 0.2) is 6.61 Å². The molecule has 0 amide bonds. The quantitative estimate of drug-likeness (QED) is 0.102. The molecule has 0 saturated heterocycles. The average Bonchev–Trinajstić information content (AvgIpc) is 3.39. The summed E-state index contributed by atoms with van der Waals surface area (Å²) in [5.74, 6) is -2.18. The van der Waals surface area contributed by atoms with E-state index in [0.29, 0.717) is 25.7 Å². The molecule has 0 radical (unpaired) electrons. The van der Waals surface area contributed by atoms with Gasteiger partial charge in [-0.2, -0.15) is 17.2 Å². The molecule has 0 aliphatic heterocycles. The first-order valence-electron chi connectivity index (χ1n) is 18.3. The van der Waals surface area contributed by atoms with Crippen molar-refractivity contribution < 1.29 is 69.4 Å². The van der Waals surface area contributed by atoms with Crippen LogP contribution in [0.15, 0.2) is 0 Å². The van der Waals surface area contributed by atoms with Gasteiger partial charge in [0.1, 0.15) is 18.3 Å². The summed E-state index contributed by atoms with van der Waals surface area (Å²) in [4.78, 5) is 61.2. The fourth-order valence-corrected chi connectivity index (χ4v) is 10.7. The van der Waals surface area contributed by atoms with E-state index in [1.54, 1.807) is 0 Å². The van der Waals surface area contributed by atoms with Crippen molar-refractivity contribution in [2.24, 2.45) is 46.3 Å². The van der Waals surface area contributed by atoms with Crippen LogP contribution in [0.2, 0.25) is 0 Å². The summed E-state index contributed by atoms with van der Waals surface area (Å²) in [6.45, 7) is 8.78. The first kappa shape index (κ1) is 41.9. The highest BCUT2D eigenvalue weighted by atomic mass is 32.2. The molecule has 0 bridgehead atoms.